The third-order valence-electron chi connectivity index (χ3n) is 3.67. The standard InChI is InChI=1S/C13H22N4O/c1-3-10-5-4-6-14-11(10)7-15-13(18)12-8-17(2)9-16-12/h8-11,14H,3-7H2,1-2H3,(H,15,18). The van der Waals surface area contributed by atoms with Crippen molar-refractivity contribution in [3.8, 4) is 0 Å². The number of hydrogen-bond donors (Lipinski definition) is 2. The third-order valence-corrected chi connectivity index (χ3v) is 3.67. The fourth-order valence-corrected chi connectivity index (χ4v) is 2.57. The van der Waals surface area contributed by atoms with Crippen LogP contribution in [-0.4, -0.2) is 34.6 Å². The second-order valence-electron chi connectivity index (χ2n) is 5.01. The molecule has 0 aliphatic carbocycles. The molecule has 5 heteroatoms. The Hall–Kier alpha value is -1.36. The van der Waals surface area contributed by atoms with E-state index in [1.807, 2.05) is 7.05 Å². The van der Waals surface area contributed by atoms with Crippen LogP contribution in [-0.2, 0) is 7.05 Å². The zero-order valence-corrected chi connectivity index (χ0v) is 11.1. The van der Waals surface area contributed by atoms with Crippen molar-refractivity contribution < 1.29 is 4.79 Å². The highest BCUT2D eigenvalue weighted by Crippen LogP contribution is 2.19. The predicted octanol–water partition coefficient (Wildman–Crippen LogP) is 0.928. The maximum Gasteiger partial charge on any atom is 0.271 e. The van der Waals surface area contributed by atoms with Gasteiger partial charge in [-0.3, -0.25) is 4.79 Å². The summed E-state index contributed by atoms with van der Waals surface area (Å²) in [5.74, 6) is 0.584. The molecule has 0 saturated carbocycles. The van der Waals surface area contributed by atoms with E-state index in [0.717, 1.165) is 13.0 Å². The van der Waals surface area contributed by atoms with Gasteiger partial charge in [-0.2, -0.15) is 0 Å². The van der Waals surface area contributed by atoms with Crippen molar-refractivity contribution in [1.29, 1.82) is 0 Å². The first-order valence-corrected chi connectivity index (χ1v) is 6.70. The van der Waals surface area contributed by atoms with Gasteiger partial charge in [0.05, 0.1) is 6.33 Å². The molecule has 1 aliphatic heterocycles. The number of nitrogens with one attached hydrogen (secondary N) is 2. The topological polar surface area (TPSA) is 58.9 Å². The molecule has 2 rings (SSSR count). The van der Waals surface area contributed by atoms with E-state index in [4.69, 9.17) is 0 Å². The van der Waals surface area contributed by atoms with E-state index in [1.54, 1.807) is 17.1 Å². The Bertz CT molecular complexity index is 401. The molecule has 2 heterocycles. The van der Waals surface area contributed by atoms with Crippen LogP contribution in [0.3, 0.4) is 0 Å². The van der Waals surface area contributed by atoms with Gasteiger partial charge in [0.1, 0.15) is 5.69 Å². The van der Waals surface area contributed by atoms with E-state index < -0.39 is 0 Å². The lowest BCUT2D eigenvalue weighted by molar-refractivity contribution is 0.0937. The van der Waals surface area contributed by atoms with Gasteiger partial charge in [-0.15, -0.1) is 0 Å². The fraction of sp³-hybridized carbons (Fsp3) is 0.692. The minimum atomic E-state index is -0.0853. The van der Waals surface area contributed by atoms with Crippen molar-refractivity contribution in [2.75, 3.05) is 13.1 Å². The van der Waals surface area contributed by atoms with E-state index in [0.29, 0.717) is 24.2 Å². The second kappa shape index (κ2) is 6.00. The maximum absolute atomic E-state index is 11.9. The van der Waals surface area contributed by atoms with Gasteiger partial charge < -0.3 is 15.2 Å². The summed E-state index contributed by atoms with van der Waals surface area (Å²) < 4.78 is 1.78. The van der Waals surface area contributed by atoms with Gasteiger partial charge in [0, 0.05) is 25.8 Å². The molecule has 100 valence electrons. The molecule has 1 amide bonds. The molecule has 0 aromatic carbocycles. The van der Waals surface area contributed by atoms with Crippen LogP contribution in [0.5, 0.6) is 0 Å². The van der Waals surface area contributed by atoms with Crippen molar-refractivity contribution in [2.45, 2.75) is 32.2 Å². The van der Waals surface area contributed by atoms with Crippen LogP contribution in [0.4, 0.5) is 0 Å². The number of aromatic nitrogens is 2. The Balaban J connectivity index is 1.85. The molecule has 1 fully saturated rings. The van der Waals surface area contributed by atoms with Crippen LogP contribution < -0.4 is 10.6 Å². The van der Waals surface area contributed by atoms with Gasteiger partial charge in [0.15, 0.2) is 0 Å². The average Bonchev–Trinajstić information content (AvgIpc) is 2.83. The molecule has 18 heavy (non-hydrogen) atoms. The van der Waals surface area contributed by atoms with Crippen LogP contribution in [0.1, 0.15) is 36.7 Å². The summed E-state index contributed by atoms with van der Waals surface area (Å²) in [6, 6.07) is 0.399. The van der Waals surface area contributed by atoms with Gasteiger partial charge in [0.2, 0.25) is 0 Å². The summed E-state index contributed by atoms with van der Waals surface area (Å²) in [6.07, 6.45) is 7.04. The smallest absolute Gasteiger partial charge is 0.271 e. The quantitative estimate of drug-likeness (QED) is 0.835. The zero-order chi connectivity index (χ0) is 13.0. The first kappa shape index (κ1) is 13.1. The summed E-state index contributed by atoms with van der Waals surface area (Å²) in [5.41, 5.74) is 0.487. The monoisotopic (exact) mass is 250 g/mol. The van der Waals surface area contributed by atoms with Gasteiger partial charge in [-0.05, 0) is 25.3 Å². The summed E-state index contributed by atoms with van der Waals surface area (Å²) in [4.78, 5) is 15.9. The van der Waals surface area contributed by atoms with Crippen LogP contribution in [0.15, 0.2) is 12.5 Å². The van der Waals surface area contributed by atoms with Gasteiger partial charge in [-0.25, -0.2) is 4.98 Å². The molecule has 1 saturated heterocycles. The average molecular weight is 250 g/mol. The molecule has 1 aromatic heterocycles. The second-order valence-corrected chi connectivity index (χ2v) is 5.01. The lowest BCUT2D eigenvalue weighted by atomic mass is 9.88. The normalized spacial score (nSPS) is 23.9. The number of aryl methyl sites for hydroxylation is 1. The molecule has 5 nitrogen and oxygen atoms in total. The first-order valence-electron chi connectivity index (χ1n) is 6.70. The fourth-order valence-electron chi connectivity index (χ4n) is 2.57. The Labute approximate surface area is 108 Å². The molecule has 2 atom stereocenters. The summed E-state index contributed by atoms with van der Waals surface area (Å²) in [7, 11) is 1.86. The Morgan fingerprint density at radius 2 is 2.50 bits per heavy atom. The van der Waals surface area contributed by atoms with E-state index in [1.165, 1.54) is 12.8 Å². The van der Waals surface area contributed by atoms with Crippen molar-refractivity contribution >= 4 is 5.91 Å². The molecule has 2 unspecified atom stereocenters. The molecule has 0 spiro atoms. The van der Waals surface area contributed by atoms with Gasteiger partial charge in [-0.1, -0.05) is 13.3 Å². The van der Waals surface area contributed by atoms with Gasteiger partial charge >= 0.3 is 0 Å². The van der Waals surface area contributed by atoms with Crippen molar-refractivity contribution in [2.24, 2.45) is 13.0 Å². The lowest BCUT2D eigenvalue weighted by Crippen LogP contribution is -2.48. The first-order chi connectivity index (χ1) is 8.70. The highest BCUT2D eigenvalue weighted by atomic mass is 16.1. The molecule has 0 radical (unpaired) electrons. The Morgan fingerprint density at radius 1 is 1.67 bits per heavy atom. The summed E-state index contributed by atoms with van der Waals surface area (Å²) in [6.45, 7) is 3.96. The van der Waals surface area contributed by atoms with Crippen LogP contribution in [0.25, 0.3) is 0 Å². The number of carbonyl (C=O) groups is 1. The Kier molecular flexibility index (Phi) is 4.36. The maximum atomic E-state index is 11.9. The molecule has 1 aliphatic rings. The molecular formula is C13H22N4O. The number of rotatable bonds is 4. The SMILES string of the molecule is CCC1CCCNC1CNC(=O)c1cn(C)cn1. The van der Waals surface area contributed by atoms with Crippen LogP contribution in [0.2, 0.25) is 0 Å². The number of amides is 1. The number of imidazole rings is 1. The minimum Gasteiger partial charge on any atom is -0.349 e. The predicted molar refractivity (Wildman–Crippen MR) is 70.3 cm³/mol. The van der Waals surface area contributed by atoms with E-state index in [2.05, 4.69) is 22.5 Å². The molecule has 1 aromatic rings. The summed E-state index contributed by atoms with van der Waals surface area (Å²) >= 11 is 0. The zero-order valence-electron chi connectivity index (χ0n) is 11.1. The third kappa shape index (κ3) is 3.10. The van der Waals surface area contributed by atoms with Crippen molar-refractivity contribution in [3.05, 3.63) is 18.2 Å². The van der Waals surface area contributed by atoms with E-state index >= 15 is 0 Å². The molecule has 2 N–H and O–H groups in total. The number of piperidine rings is 1. The minimum absolute atomic E-state index is 0.0853. The Morgan fingerprint density at radius 3 is 3.17 bits per heavy atom. The van der Waals surface area contributed by atoms with E-state index in [9.17, 15) is 4.79 Å². The van der Waals surface area contributed by atoms with Crippen LogP contribution >= 0.6 is 0 Å². The largest absolute Gasteiger partial charge is 0.349 e. The van der Waals surface area contributed by atoms with Crippen LogP contribution in [0, 0.1) is 5.92 Å². The molecule has 0 bridgehead atoms. The summed E-state index contributed by atoms with van der Waals surface area (Å²) in [5, 5.41) is 6.46. The lowest BCUT2D eigenvalue weighted by Gasteiger charge is -2.32. The number of hydrogen-bond acceptors (Lipinski definition) is 3. The molecular weight excluding hydrogens is 228 g/mol. The highest BCUT2D eigenvalue weighted by Gasteiger charge is 2.23. The van der Waals surface area contributed by atoms with E-state index in [-0.39, 0.29) is 5.91 Å². The number of nitrogens with zero attached hydrogens (tertiary/aromatic N) is 2. The van der Waals surface area contributed by atoms with Gasteiger partial charge in [0.25, 0.3) is 5.91 Å². The highest BCUT2D eigenvalue weighted by molar-refractivity contribution is 5.92. The number of carbonyl (C=O) groups excluding carboxylic acids is 1. The van der Waals surface area contributed by atoms with Crippen molar-refractivity contribution in [3.63, 3.8) is 0 Å². The van der Waals surface area contributed by atoms with Crippen molar-refractivity contribution in [1.82, 2.24) is 20.2 Å².